The smallest absolute Gasteiger partial charge is 0.108 e. The Morgan fingerprint density at radius 1 is 0.774 bits per heavy atom. The summed E-state index contributed by atoms with van der Waals surface area (Å²) in [6, 6.07) is 29.4. The lowest BCUT2D eigenvalue weighted by Crippen LogP contribution is -2.34. The lowest BCUT2D eigenvalue weighted by Gasteiger charge is -2.32. The summed E-state index contributed by atoms with van der Waals surface area (Å²) in [7, 11) is 0. The summed E-state index contributed by atoms with van der Waals surface area (Å²) in [5.41, 5.74) is 4.72. The van der Waals surface area contributed by atoms with Gasteiger partial charge in [-0.05, 0) is 54.1 Å². The highest BCUT2D eigenvalue weighted by Gasteiger charge is 2.22. The van der Waals surface area contributed by atoms with Crippen LogP contribution in [0.1, 0.15) is 41.2 Å². The Morgan fingerprint density at radius 2 is 1.29 bits per heavy atom. The van der Waals surface area contributed by atoms with Crippen molar-refractivity contribution in [3.05, 3.63) is 107 Å². The predicted molar refractivity (Wildman–Crippen MR) is 128 cm³/mol. The largest absolute Gasteiger partial charge is 0.392 e. The molecule has 1 saturated heterocycles. The molecule has 3 nitrogen and oxygen atoms in total. The van der Waals surface area contributed by atoms with Gasteiger partial charge in [-0.15, -0.1) is 12.4 Å². The third-order valence-corrected chi connectivity index (χ3v) is 6.02. The van der Waals surface area contributed by atoms with Crippen molar-refractivity contribution in [2.45, 2.75) is 32.1 Å². The van der Waals surface area contributed by atoms with E-state index in [1.807, 2.05) is 12.1 Å². The molecule has 164 valence electrons. The number of ether oxygens (including phenoxy) is 1. The molecule has 3 aromatic rings. The van der Waals surface area contributed by atoms with Crippen LogP contribution in [0.2, 0.25) is 0 Å². The number of aliphatic hydroxyl groups is 1. The van der Waals surface area contributed by atoms with Crippen LogP contribution in [0.25, 0.3) is 0 Å². The van der Waals surface area contributed by atoms with Crippen LogP contribution >= 0.6 is 12.4 Å². The van der Waals surface area contributed by atoms with Crippen molar-refractivity contribution in [1.82, 2.24) is 4.90 Å². The van der Waals surface area contributed by atoms with E-state index in [1.165, 1.54) is 29.5 Å². The van der Waals surface area contributed by atoms with E-state index in [-0.39, 0.29) is 25.1 Å². The van der Waals surface area contributed by atoms with Crippen LogP contribution in [-0.2, 0) is 17.9 Å². The molecule has 0 aliphatic carbocycles. The van der Waals surface area contributed by atoms with Gasteiger partial charge >= 0.3 is 0 Å². The monoisotopic (exact) mass is 437 g/mol. The van der Waals surface area contributed by atoms with Crippen molar-refractivity contribution >= 4 is 12.4 Å². The van der Waals surface area contributed by atoms with E-state index in [9.17, 15) is 5.11 Å². The van der Waals surface area contributed by atoms with Crippen LogP contribution in [0.5, 0.6) is 0 Å². The van der Waals surface area contributed by atoms with Gasteiger partial charge in [0, 0.05) is 6.54 Å². The van der Waals surface area contributed by atoms with Crippen molar-refractivity contribution in [2.75, 3.05) is 19.7 Å². The molecule has 0 saturated carbocycles. The van der Waals surface area contributed by atoms with Gasteiger partial charge in [0.05, 0.1) is 13.2 Å². The molecule has 1 N–H and O–H groups in total. The Hall–Kier alpha value is -2.17. The van der Waals surface area contributed by atoms with Crippen LogP contribution in [0.15, 0.2) is 84.9 Å². The molecule has 1 heterocycles. The van der Waals surface area contributed by atoms with E-state index in [2.05, 4.69) is 77.7 Å². The Bertz CT molecular complexity index is 839. The summed E-state index contributed by atoms with van der Waals surface area (Å²) in [5.74, 6) is 0.605. The standard InChI is InChI=1S/C27H31NO2.ClH/c29-20-23-13-11-22(12-14-23)19-28-17-15-24(16-18-28)21-30-27(25-7-3-1-4-8-25)26-9-5-2-6-10-26;/h1-14,24,27,29H,15-21H2;1H. The van der Waals surface area contributed by atoms with Gasteiger partial charge in [-0.1, -0.05) is 84.9 Å². The molecule has 1 fully saturated rings. The van der Waals surface area contributed by atoms with E-state index in [1.54, 1.807) is 0 Å². The van der Waals surface area contributed by atoms with Gasteiger partial charge in [0.1, 0.15) is 6.10 Å². The van der Waals surface area contributed by atoms with Crippen molar-refractivity contribution in [2.24, 2.45) is 5.92 Å². The summed E-state index contributed by atoms with van der Waals surface area (Å²) < 4.78 is 6.49. The molecule has 31 heavy (non-hydrogen) atoms. The first-order valence-electron chi connectivity index (χ1n) is 10.9. The average Bonchev–Trinajstić information content (AvgIpc) is 2.82. The van der Waals surface area contributed by atoms with E-state index < -0.39 is 0 Å². The summed E-state index contributed by atoms with van der Waals surface area (Å²) >= 11 is 0. The number of benzene rings is 3. The van der Waals surface area contributed by atoms with Gasteiger partial charge < -0.3 is 9.84 Å². The second kappa shape index (κ2) is 12.0. The Kier molecular flexibility index (Phi) is 9.11. The molecule has 0 amide bonds. The molecule has 0 atom stereocenters. The lowest BCUT2D eigenvalue weighted by atomic mass is 9.96. The number of rotatable bonds is 8. The van der Waals surface area contributed by atoms with Crippen molar-refractivity contribution in [1.29, 1.82) is 0 Å². The third-order valence-electron chi connectivity index (χ3n) is 6.02. The molecular formula is C27H32ClNO2. The van der Waals surface area contributed by atoms with Crippen molar-refractivity contribution < 1.29 is 9.84 Å². The minimum absolute atomic E-state index is 0. The molecule has 1 aliphatic heterocycles. The van der Waals surface area contributed by atoms with Gasteiger partial charge in [-0.3, -0.25) is 4.90 Å². The van der Waals surface area contributed by atoms with Gasteiger partial charge in [0.25, 0.3) is 0 Å². The minimum atomic E-state index is -0.00420. The van der Waals surface area contributed by atoms with E-state index in [0.717, 1.165) is 31.8 Å². The topological polar surface area (TPSA) is 32.7 Å². The molecule has 0 radical (unpaired) electrons. The molecule has 1 aliphatic rings. The van der Waals surface area contributed by atoms with Gasteiger partial charge in [0.2, 0.25) is 0 Å². The number of nitrogens with zero attached hydrogens (tertiary/aromatic N) is 1. The Balaban J connectivity index is 0.00000272. The van der Waals surface area contributed by atoms with Crippen LogP contribution in [-0.4, -0.2) is 29.7 Å². The first-order chi connectivity index (χ1) is 14.8. The maximum atomic E-state index is 9.19. The number of likely N-dealkylation sites (tertiary alicyclic amines) is 1. The number of halogens is 1. The fourth-order valence-electron chi connectivity index (χ4n) is 4.19. The molecule has 0 bridgehead atoms. The summed E-state index contributed by atoms with van der Waals surface area (Å²) in [6.45, 7) is 4.11. The second-order valence-electron chi connectivity index (χ2n) is 8.23. The zero-order chi connectivity index (χ0) is 20.6. The fraction of sp³-hybridized carbons (Fsp3) is 0.333. The molecule has 4 heteroatoms. The van der Waals surface area contributed by atoms with E-state index in [0.29, 0.717) is 5.92 Å². The van der Waals surface area contributed by atoms with Crippen molar-refractivity contribution in [3.8, 4) is 0 Å². The second-order valence-corrected chi connectivity index (χ2v) is 8.23. The summed E-state index contributed by atoms with van der Waals surface area (Å²) in [4.78, 5) is 2.52. The fourth-order valence-corrected chi connectivity index (χ4v) is 4.19. The van der Waals surface area contributed by atoms with Crippen LogP contribution in [0.4, 0.5) is 0 Å². The zero-order valence-corrected chi connectivity index (χ0v) is 18.7. The molecule has 0 unspecified atom stereocenters. The minimum Gasteiger partial charge on any atom is -0.392 e. The molecule has 0 aromatic heterocycles. The van der Waals surface area contributed by atoms with Crippen LogP contribution in [0, 0.1) is 5.92 Å². The Labute approximate surface area is 192 Å². The van der Waals surface area contributed by atoms with Gasteiger partial charge in [-0.25, -0.2) is 0 Å². The van der Waals surface area contributed by atoms with Gasteiger partial charge in [0.15, 0.2) is 0 Å². The highest BCUT2D eigenvalue weighted by Crippen LogP contribution is 2.28. The number of hydrogen-bond donors (Lipinski definition) is 1. The summed E-state index contributed by atoms with van der Waals surface area (Å²) in [6.07, 6.45) is 2.34. The zero-order valence-electron chi connectivity index (χ0n) is 17.9. The molecule has 0 spiro atoms. The van der Waals surface area contributed by atoms with Gasteiger partial charge in [-0.2, -0.15) is 0 Å². The predicted octanol–water partition coefficient (Wildman–Crippen LogP) is 5.62. The van der Waals surface area contributed by atoms with Crippen LogP contribution in [0.3, 0.4) is 0 Å². The maximum Gasteiger partial charge on any atom is 0.108 e. The molecule has 4 rings (SSSR count). The van der Waals surface area contributed by atoms with E-state index in [4.69, 9.17) is 4.74 Å². The van der Waals surface area contributed by atoms with E-state index >= 15 is 0 Å². The first kappa shape index (κ1) is 23.5. The maximum absolute atomic E-state index is 9.19. The van der Waals surface area contributed by atoms with Crippen molar-refractivity contribution in [3.63, 3.8) is 0 Å². The normalized spacial score (nSPS) is 15.0. The summed E-state index contributed by atoms with van der Waals surface area (Å²) in [5, 5.41) is 9.19. The van der Waals surface area contributed by atoms with Crippen LogP contribution < -0.4 is 0 Å². The molecular weight excluding hydrogens is 406 g/mol. The number of piperidine rings is 1. The molecule has 3 aromatic carbocycles. The first-order valence-corrected chi connectivity index (χ1v) is 10.9. The number of hydrogen-bond acceptors (Lipinski definition) is 3. The quantitative estimate of drug-likeness (QED) is 0.496. The highest BCUT2D eigenvalue weighted by molar-refractivity contribution is 5.85. The SMILES string of the molecule is Cl.OCc1ccc(CN2CCC(COC(c3ccccc3)c3ccccc3)CC2)cc1. The Morgan fingerprint density at radius 3 is 1.81 bits per heavy atom. The number of aliphatic hydroxyl groups excluding tert-OH is 1. The third kappa shape index (κ3) is 6.65. The average molecular weight is 438 g/mol. The highest BCUT2D eigenvalue weighted by atomic mass is 35.5. The lowest BCUT2D eigenvalue weighted by molar-refractivity contribution is 0.0300.